The average Bonchev–Trinajstić information content (AvgIpc) is 2.84. The molecule has 9 nitrogen and oxygen atoms in total. The van der Waals surface area contributed by atoms with Crippen LogP contribution in [0.15, 0.2) is 60.8 Å². The third-order valence-electron chi connectivity index (χ3n) is 4.87. The largest absolute Gasteiger partial charge is 0.447 e. The van der Waals surface area contributed by atoms with Crippen molar-refractivity contribution < 1.29 is 24.2 Å². The summed E-state index contributed by atoms with van der Waals surface area (Å²) in [5.41, 5.74) is 0.785. The summed E-state index contributed by atoms with van der Waals surface area (Å²) < 4.78 is 10.5. The fourth-order valence-corrected chi connectivity index (χ4v) is 3.32. The van der Waals surface area contributed by atoms with E-state index in [1.807, 2.05) is 42.5 Å². The van der Waals surface area contributed by atoms with E-state index in [0.717, 1.165) is 16.3 Å². The number of nitrogens with one attached hydrogen (secondary N) is 2. The number of carbonyl (C=O) groups is 2. The van der Waals surface area contributed by atoms with Gasteiger partial charge in [0.25, 0.3) is 0 Å². The summed E-state index contributed by atoms with van der Waals surface area (Å²) in [5.74, 6) is 0.371. The third-order valence-corrected chi connectivity index (χ3v) is 5.24. The Morgan fingerprint density at radius 2 is 1.74 bits per heavy atom. The van der Waals surface area contributed by atoms with E-state index in [0.29, 0.717) is 10.8 Å². The number of rotatable bonds is 11. The molecule has 180 valence electrons. The quantitative estimate of drug-likeness (QED) is 0.356. The highest BCUT2D eigenvalue weighted by atomic mass is 35.5. The van der Waals surface area contributed by atoms with Crippen LogP contribution in [0, 0.1) is 0 Å². The molecule has 0 aliphatic carbocycles. The zero-order valence-electron chi connectivity index (χ0n) is 18.6. The lowest BCUT2D eigenvalue weighted by Crippen LogP contribution is -2.43. The van der Waals surface area contributed by atoms with Gasteiger partial charge in [-0.05, 0) is 23.1 Å². The van der Waals surface area contributed by atoms with Gasteiger partial charge in [0.1, 0.15) is 12.4 Å². The van der Waals surface area contributed by atoms with Crippen molar-refractivity contribution in [2.24, 2.45) is 0 Å². The number of anilines is 1. The summed E-state index contributed by atoms with van der Waals surface area (Å²) in [4.78, 5) is 30.5. The van der Waals surface area contributed by atoms with Crippen molar-refractivity contribution in [2.75, 3.05) is 44.8 Å². The smallest absolute Gasteiger partial charge is 0.412 e. The SMILES string of the molecule is O=C(Nc1cc2ccccc2cn1)OCCN(CCOCCO)C(=O)NCc1ccccc1Cl. The Hall–Kier alpha value is -3.40. The summed E-state index contributed by atoms with van der Waals surface area (Å²) in [7, 11) is 0. The molecule has 10 heteroatoms. The van der Waals surface area contributed by atoms with Gasteiger partial charge in [-0.15, -0.1) is 0 Å². The Morgan fingerprint density at radius 1 is 1.00 bits per heavy atom. The number of aliphatic hydroxyl groups is 1. The molecule has 0 aliphatic rings. The fourth-order valence-electron chi connectivity index (χ4n) is 3.12. The van der Waals surface area contributed by atoms with Crippen LogP contribution in [0.25, 0.3) is 10.8 Å². The number of benzene rings is 2. The maximum atomic E-state index is 12.7. The van der Waals surface area contributed by atoms with Crippen LogP contribution in [0.4, 0.5) is 15.4 Å². The van der Waals surface area contributed by atoms with Crippen molar-refractivity contribution in [2.45, 2.75) is 6.54 Å². The van der Waals surface area contributed by atoms with Crippen molar-refractivity contribution in [3.63, 3.8) is 0 Å². The molecule has 34 heavy (non-hydrogen) atoms. The number of halogens is 1. The van der Waals surface area contributed by atoms with Crippen molar-refractivity contribution >= 4 is 40.3 Å². The van der Waals surface area contributed by atoms with Crippen LogP contribution < -0.4 is 10.6 Å². The van der Waals surface area contributed by atoms with Gasteiger partial charge in [0.05, 0.1) is 26.4 Å². The van der Waals surface area contributed by atoms with Crippen LogP contribution >= 0.6 is 11.6 Å². The zero-order chi connectivity index (χ0) is 24.2. The number of pyridine rings is 1. The molecule has 0 spiro atoms. The molecule has 3 rings (SSSR count). The molecule has 1 heterocycles. The van der Waals surface area contributed by atoms with Gasteiger partial charge in [0, 0.05) is 29.7 Å². The van der Waals surface area contributed by atoms with Crippen LogP contribution in [0.2, 0.25) is 5.02 Å². The van der Waals surface area contributed by atoms with E-state index in [4.69, 9.17) is 26.2 Å². The van der Waals surface area contributed by atoms with Crippen LogP contribution in [-0.4, -0.2) is 66.6 Å². The van der Waals surface area contributed by atoms with E-state index in [1.54, 1.807) is 18.3 Å². The molecule has 0 aliphatic heterocycles. The van der Waals surface area contributed by atoms with Crippen LogP contribution in [0.3, 0.4) is 0 Å². The minimum absolute atomic E-state index is 0.0288. The summed E-state index contributed by atoms with van der Waals surface area (Å²) in [6.45, 7) is 0.923. The Morgan fingerprint density at radius 3 is 2.53 bits per heavy atom. The standard InChI is InChI=1S/C24H27ClN4O5/c25-21-8-4-3-7-20(21)17-27-23(31)29(9-12-33-14-11-30)10-13-34-24(32)28-22-15-18-5-1-2-6-19(18)16-26-22/h1-8,15-16,30H,9-14,17H2,(H,27,31)(H,26,28,32). The average molecular weight is 487 g/mol. The van der Waals surface area contributed by atoms with Crippen molar-refractivity contribution in [3.05, 3.63) is 71.4 Å². The van der Waals surface area contributed by atoms with Gasteiger partial charge in [-0.1, -0.05) is 54.1 Å². The predicted octanol–water partition coefficient (Wildman–Crippen LogP) is 3.66. The van der Waals surface area contributed by atoms with Gasteiger partial charge in [-0.25, -0.2) is 14.6 Å². The first-order valence-electron chi connectivity index (χ1n) is 10.8. The lowest BCUT2D eigenvalue weighted by Gasteiger charge is -2.23. The Labute approximate surface area is 202 Å². The number of nitrogens with zero attached hydrogens (tertiary/aromatic N) is 2. The number of aliphatic hydroxyl groups excluding tert-OH is 1. The van der Waals surface area contributed by atoms with Gasteiger partial charge in [0.2, 0.25) is 0 Å². The lowest BCUT2D eigenvalue weighted by molar-refractivity contribution is 0.0740. The number of hydrogen-bond donors (Lipinski definition) is 3. The van der Waals surface area contributed by atoms with Crippen LogP contribution in [0.5, 0.6) is 0 Å². The van der Waals surface area contributed by atoms with Gasteiger partial charge in [-0.2, -0.15) is 0 Å². The molecule has 2 aromatic carbocycles. The van der Waals surface area contributed by atoms with E-state index in [-0.39, 0.29) is 52.1 Å². The number of fused-ring (bicyclic) bond motifs is 1. The van der Waals surface area contributed by atoms with Gasteiger partial charge in [-0.3, -0.25) is 5.32 Å². The second kappa shape index (κ2) is 13.3. The maximum Gasteiger partial charge on any atom is 0.412 e. The molecule has 0 bridgehead atoms. The normalized spacial score (nSPS) is 10.6. The van der Waals surface area contributed by atoms with E-state index in [9.17, 15) is 9.59 Å². The first-order valence-corrected chi connectivity index (χ1v) is 11.2. The first kappa shape index (κ1) is 25.2. The van der Waals surface area contributed by atoms with Gasteiger partial charge < -0.3 is 24.8 Å². The maximum absolute atomic E-state index is 12.7. The topological polar surface area (TPSA) is 113 Å². The van der Waals surface area contributed by atoms with E-state index >= 15 is 0 Å². The molecule has 0 fully saturated rings. The second-order valence-corrected chi connectivity index (χ2v) is 7.66. The molecule has 3 aromatic rings. The summed E-state index contributed by atoms with van der Waals surface area (Å²) in [5, 5.41) is 16.7. The molecular weight excluding hydrogens is 460 g/mol. The number of aromatic nitrogens is 1. The molecule has 0 unspecified atom stereocenters. The first-order chi connectivity index (χ1) is 16.6. The van der Waals surface area contributed by atoms with Gasteiger partial charge in [0.15, 0.2) is 0 Å². The van der Waals surface area contributed by atoms with E-state index < -0.39 is 6.09 Å². The Kier molecular flexibility index (Phi) is 9.90. The van der Waals surface area contributed by atoms with Crippen molar-refractivity contribution in [1.29, 1.82) is 0 Å². The molecular formula is C24H27ClN4O5. The molecule has 0 saturated heterocycles. The molecule has 3 amide bonds. The Balaban J connectivity index is 1.49. The highest BCUT2D eigenvalue weighted by Crippen LogP contribution is 2.16. The van der Waals surface area contributed by atoms with Crippen LogP contribution in [-0.2, 0) is 16.0 Å². The molecule has 0 radical (unpaired) electrons. The third kappa shape index (κ3) is 7.87. The van der Waals surface area contributed by atoms with Crippen LogP contribution in [0.1, 0.15) is 5.56 Å². The Bertz CT molecular complexity index is 1100. The minimum atomic E-state index is -0.671. The zero-order valence-corrected chi connectivity index (χ0v) is 19.3. The predicted molar refractivity (Wildman–Crippen MR) is 130 cm³/mol. The number of ether oxygens (including phenoxy) is 2. The van der Waals surface area contributed by atoms with Gasteiger partial charge >= 0.3 is 12.1 Å². The molecule has 0 saturated carbocycles. The lowest BCUT2D eigenvalue weighted by atomic mass is 10.2. The van der Waals surface area contributed by atoms with E-state index in [2.05, 4.69) is 15.6 Å². The highest BCUT2D eigenvalue weighted by molar-refractivity contribution is 6.31. The van der Waals surface area contributed by atoms with Crippen molar-refractivity contribution in [3.8, 4) is 0 Å². The van der Waals surface area contributed by atoms with Crippen molar-refractivity contribution in [1.82, 2.24) is 15.2 Å². The summed E-state index contributed by atoms with van der Waals surface area (Å²) >= 11 is 6.14. The monoisotopic (exact) mass is 486 g/mol. The number of urea groups is 1. The fraction of sp³-hybridized carbons (Fsp3) is 0.292. The molecule has 0 atom stereocenters. The number of hydrogen-bond acceptors (Lipinski definition) is 6. The summed E-state index contributed by atoms with van der Waals surface area (Å²) in [6, 6.07) is 16.3. The molecule has 3 N–H and O–H groups in total. The highest BCUT2D eigenvalue weighted by Gasteiger charge is 2.15. The molecule has 1 aromatic heterocycles. The van der Waals surface area contributed by atoms with E-state index in [1.165, 1.54) is 4.90 Å². The summed E-state index contributed by atoms with van der Waals surface area (Å²) in [6.07, 6.45) is 0.998. The second-order valence-electron chi connectivity index (χ2n) is 7.25. The minimum Gasteiger partial charge on any atom is -0.447 e. The number of carbonyl (C=O) groups excluding carboxylic acids is 2. The number of amides is 3.